The van der Waals surface area contributed by atoms with Crippen LogP contribution in [0.2, 0.25) is 0 Å². The maximum Gasteiger partial charge on any atom is 0.0252 e. The Bertz CT molecular complexity index is 576. The first-order valence-electron chi connectivity index (χ1n) is 7.39. The molecule has 0 amide bonds. The van der Waals surface area contributed by atoms with Gasteiger partial charge in [-0.25, -0.2) is 0 Å². The van der Waals surface area contributed by atoms with Crippen molar-refractivity contribution in [1.29, 1.82) is 0 Å². The van der Waals surface area contributed by atoms with Crippen LogP contribution in [-0.2, 0) is 6.42 Å². The quantitative estimate of drug-likeness (QED) is 0.825. The lowest BCUT2D eigenvalue weighted by Gasteiger charge is -2.39. The van der Waals surface area contributed by atoms with Crippen molar-refractivity contribution in [3.8, 4) is 0 Å². The van der Waals surface area contributed by atoms with Crippen LogP contribution >= 0.6 is 0 Å². The first kappa shape index (κ1) is 13.4. The van der Waals surface area contributed by atoms with Crippen molar-refractivity contribution in [2.75, 3.05) is 0 Å². The minimum atomic E-state index is 0.0855. The molecular weight excluding hydrogens is 242 g/mol. The lowest BCUT2D eigenvalue weighted by Crippen LogP contribution is -2.42. The SMILES string of the molecule is CC(C)(C)[C@H](N)C1c2ccccc2Cc2ccccc21. The van der Waals surface area contributed by atoms with Crippen molar-refractivity contribution in [2.45, 2.75) is 39.2 Å². The normalized spacial score (nSPS) is 16.4. The molecule has 2 aromatic rings. The Morgan fingerprint density at radius 3 is 1.80 bits per heavy atom. The third-order valence-electron chi connectivity index (χ3n) is 4.52. The summed E-state index contributed by atoms with van der Waals surface area (Å²) in [6.45, 7) is 6.70. The Hall–Kier alpha value is -1.60. The molecule has 1 aliphatic carbocycles. The molecule has 3 rings (SSSR count). The Kier molecular flexibility index (Phi) is 3.18. The molecule has 0 unspecified atom stereocenters. The zero-order chi connectivity index (χ0) is 14.3. The van der Waals surface area contributed by atoms with Gasteiger partial charge >= 0.3 is 0 Å². The van der Waals surface area contributed by atoms with E-state index in [1.165, 1.54) is 22.3 Å². The van der Waals surface area contributed by atoms with Crippen LogP contribution in [0.1, 0.15) is 48.9 Å². The molecule has 0 heterocycles. The topological polar surface area (TPSA) is 26.0 Å². The van der Waals surface area contributed by atoms with E-state index in [1.807, 2.05) is 0 Å². The summed E-state index contributed by atoms with van der Waals surface area (Å²) in [7, 11) is 0. The van der Waals surface area contributed by atoms with Gasteiger partial charge in [-0.05, 0) is 34.1 Å². The number of hydrogen-bond acceptors (Lipinski definition) is 1. The van der Waals surface area contributed by atoms with E-state index in [1.54, 1.807) is 0 Å². The van der Waals surface area contributed by atoms with Gasteiger partial charge in [0.2, 0.25) is 0 Å². The van der Waals surface area contributed by atoms with Crippen LogP contribution in [0.4, 0.5) is 0 Å². The molecule has 1 nitrogen and oxygen atoms in total. The van der Waals surface area contributed by atoms with Crippen LogP contribution in [0.5, 0.6) is 0 Å². The van der Waals surface area contributed by atoms with E-state index in [4.69, 9.17) is 5.73 Å². The number of fused-ring (bicyclic) bond motifs is 2. The van der Waals surface area contributed by atoms with Gasteiger partial charge in [-0.3, -0.25) is 0 Å². The second-order valence-corrected chi connectivity index (χ2v) is 6.94. The molecule has 0 spiro atoms. The highest BCUT2D eigenvalue weighted by atomic mass is 14.7. The molecule has 0 saturated heterocycles. The smallest absolute Gasteiger partial charge is 0.0252 e. The number of rotatable bonds is 1. The minimum Gasteiger partial charge on any atom is -0.326 e. The van der Waals surface area contributed by atoms with E-state index in [0.717, 1.165) is 6.42 Å². The van der Waals surface area contributed by atoms with Crippen molar-refractivity contribution >= 4 is 0 Å². The van der Waals surface area contributed by atoms with Crippen LogP contribution in [0.3, 0.4) is 0 Å². The fraction of sp³-hybridized carbons (Fsp3) is 0.368. The van der Waals surface area contributed by atoms with E-state index < -0.39 is 0 Å². The molecule has 1 heteroatoms. The minimum absolute atomic E-state index is 0.0855. The third kappa shape index (κ3) is 2.16. The Balaban J connectivity index is 2.17. The van der Waals surface area contributed by atoms with Gasteiger partial charge in [0.15, 0.2) is 0 Å². The molecule has 2 aromatic carbocycles. The van der Waals surface area contributed by atoms with Gasteiger partial charge in [0.1, 0.15) is 0 Å². The largest absolute Gasteiger partial charge is 0.326 e. The highest BCUT2D eigenvalue weighted by Gasteiger charge is 2.35. The molecule has 20 heavy (non-hydrogen) atoms. The predicted molar refractivity (Wildman–Crippen MR) is 85.0 cm³/mol. The average molecular weight is 265 g/mol. The summed E-state index contributed by atoms with van der Waals surface area (Å²) >= 11 is 0. The van der Waals surface area contributed by atoms with Crippen molar-refractivity contribution in [1.82, 2.24) is 0 Å². The molecule has 0 bridgehead atoms. The second kappa shape index (κ2) is 4.75. The maximum absolute atomic E-state index is 6.66. The summed E-state index contributed by atoms with van der Waals surface area (Å²) in [4.78, 5) is 0. The van der Waals surface area contributed by atoms with Gasteiger partial charge in [-0.1, -0.05) is 69.3 Å². The summed E-state index contributed by atoms with van der Waals surface area (Å²) < 4.78 is 0. The monoisotopic (exact) mass is 265 g/mol. The summed E-state index contributed by atoms with van der Waals surface area (Å²) in [5.74, 6) is 0.302. The fourth-order valence-corrected chi connectivity index (χ4v) is 3.26. The Labute approximate surface area is 121 Å². The number of benzene rings is 2. The standard InChI is InChI=1S/C19H23N/c1-19(2,3)18(20)17-15-10-6-4-8-13(15)12-14-9-5-7-11-16(14)17/h4-11,17-18H,12,20H2,1-3H3/t18-/m1/s1. The molecule has 0 aromatic heterocycles. The van der Waals surface area contributed by atoms with Gasteiger partial charge < -0.3 is 5.73 Å². The van der Waals surface area contributed by atoms with E-state index in [0.29, 0.717) is 5.92 Å². The summed E-state index contributed by atoms with van der Waals surface area (Å²) in [6.07, 6.45) is 1.03. The molecule has 0 aliphatic heterocycles. The Morgan fingerprint density at radius 2 is 1.35 bits per heavy atom. The van der Waals surface area contributed by atoms with Crippen LogP contribution in [0.25, 0.3) is 0 Å². The summed E-state index contributed by atoms with van der Waals surface area (Å²) in [5.41, 5.74) is 12.4. The van der Waals surface area contributed by atoms with Crippen LogP contribution in [-0.4, -0.2) is 6.04 Å². The van der Waals surface area contributed by atoms with Crippen LogP contribution < -0.4 is 5.73 Å². The highest BCUT2D eigenvalue weighted by Crippen LogP contribution is 2.42. The zero-order valence-corrected chi connectivity index (χ0v) is 12.6. The van der Waals surface area contributed by atoms with Gasteiger partial charge in [0.05, 0.1) is 0 Å². The van der Waals surface area contributed by atoms with Crippen molar-refractivity contribution in [3.63, 3.8) is 0 Å². The number of hydrogen-bond donors (Lipinski definition) is 1. The summed E-state index contributed by atoms with van der Waals surface area (Å²) in [6, 6.07) is 17.6. The fourth-order valence-electron chi connectivity index (χ4n) is 3.26. The molecule has 0 saturated carbocycles. The van der Waals surface area contributed by atoms with E-state index in [9.17, 15) is 0 Å². The molecular formula is C19H23N. The van der Waals surface area contributed by atoms with Gasteiger partial charge in [0.25, 0.3) is 0 Å². The second-order valence-electron chi connectivity index (χ2n) is 6.94. The molecule has 0 fully saturated rings. The molecule has 1 atom stereocenters. The first-order valence-corrected chi connectivity index (χ1v) is 7.39. The summed E-state index contributed by atoms with van der Waals surface area (Å²) in [5, 5.41) is 0. The van der Waals surface area contributed by atoms with Gasteiger partial charge in [-0.15, -0.1) is 0 Å². The highest BCUT2D eigenvalue weighted by molar-refractivity contribution is 5.50. The van der Waals surface area contributed by atoms with Crippen molar-refractivity contribution in [2.24, 2.45) is 11.1 Å². The predicted octanol–water partition coefficient (Wildman–Crippen LogP) is 4.10. The molecule has 0 radical (unpaired) electrons. The maximum atomic E-state index is 6.66. The molecule has 2 N–H and O–H groups in total. The molecule has 104 valence electrons. The molecule has 1 aliphatic rings. The Morgan fingerprint density at radius 1 is 0.900 bits per heavy atom. The lowest BCUT2D eigenvalue weighted by molar-refractivity contribution is 0.295. The van der Waals surface area contributed by atoms with Crippen molar-refractivity contribution in [3.05, 3.63) is 70.8 Å². The van der Waals surface area contributed by atoms with E-state index in [2.05, 4.69) is 69.3 Å². The first-order chi connectivity index (χ1) is 9.48. The average Bonchev–Trinajstić information content (AvgIpc) is 2.43. The third-order valence-corrected chi connectivity index (χ3v) is 4.52. The zero-order valence-electron chi connectivity index (χ0n) is 12.6. The van der Waals surface area contributed by atoms with Crippen LogP contribution in [0, 0.1) is 5.41 Å². The van der Waals surface area contributed by atoms with Crippen LogP contribution in [0.15, 0.2) is 48.5 Å². The lowest BCUT2D eigenvalue weighted by atomic mass is 9.68. The van der Waals surface area contributed by atoms with Gasteiger partial charge in [-0.2, -0.15) is 0 Å². The van der Waals surface area contributed by atoms with Gasteiger partial charge in [0, 0.05) is 12.0 Å². The van der Waals surface area contributed by atoms with E-state index in [-0.39, 0.29) is 11.5 Å². The van der Waals surface area contributed by atoms with E-state index >= 15 is 0 Å². The van der Waals surface area contributed by atoms with Crippen molar-refractivity contribution < 1.29 is 0 Å². The number of nitrogens with two attached hydrogens (primary N) is 1.